The zero-order valence-corrected chi connectivity index (χ0v) is 18.5. The predicted molar refractivity (Wildman–Crippen MR) is 128 cm³/mol. The maximum atomic E-state index is 11.4. The molecular weight excluding hydrogens is 418 g/mol. The maximum absolute atomic E-state index is 11.4. The molecule has 0 unspecified atom stereocenters. The number of anilines is 1. The van der Waals surface area contributed by atoms with Crippen LogP contribution in [0, 0.1) is 0 Å². The Balaban J connectivity index is 1.53. The van der Waals surface area contributed by atoms with Gasteiger partial charge >= 0.3 is 5.97 Å². The lowest BCUT2D eigenvalue weighted by atomic mass is 10.0. The van der Waals surface area contributed by atoms with Crippen LogP contribution in [-0.2, 0) is 6.42 Å². The van der Waals surface area contributed by atoms with E-state index in [0.717, 1.165) is 23.3 Å². The van der Waals surface area contributed by atoms with Crippen molar-refractivity contribution >= 4 is 22.6 Å². The van der Waals surface area contributed by atoms with Gasteiger partial charge in [-0.25, -0.2) is 14.8 Å². The normalized spacial score (nSPS) is 10.7. The van der Waals surface area contributed by atoms with Gasteiger partial charge in [0.05, 0.1) is 19.4 Å². The Hall–Kier alpha value is -4.13. The molecule has 0 fully saturated rings. The molecule has 0 aliphatic rings. The van der Waals surface area contributed by atoms with Crippen molar-refractivity contribution in [2.24, 2.45) is 0 Å². The van der Waals surface area contributed by atoms with E-state index in [-0.39, 0.29) is 5.56 Å². The summed E-state index contributed by atoms with van der Waals surface area (Å²) in [7, 11) is 1.68. The number of rotatable bonds is 9. The van der Waals surface area contributed by atoms with Gasteiger partial charge in [-0.05, 0) is 42.3 Å². The van der Waals surface area contributed by atoms with Gasteiger partial charge in [0.15, 0.2) is 0 Å². The second-order valence-electron chi connectivity index (χ2n) is 7.38. The highest BCUT2D eigenvalue weighted by Crippen LogP contribution is 2.29. The monoisotopic (exact) mass is 443 g/mol. The fraction of sp³-hybridized carbons (Fsp3) is 0.192. The number of nitrogens with zero attached hydrogens (tertiary/aromatic N) is 2. The van der Waals surface area contributed by atoms with Crippen molar-refractivity contribution in [3.05, 3.63) is 78.1 Å². The number of hydrogen-bond donors (Lipinski definition) is 2. The summed E-state index contributed by atoms with van der Waals surface area (Å²) >= 11 is 0. The molecule has 0 aliphatic heterocycles. The van der Waals surface area contributed by atoms with E-state index >= 15 is 0 Å². The Morgan fingerprint density at radius 2 is 1.88 bits per heavy atom. The van der Waals surface area contributed by atoms with Gasteiger partial charge in [0.2, 0.25) is 0 Å². The Kier molecular flexibility index (Phi) is 6.69. The Labute approximate surface area is 192 Å². The molecule has 4 rings (SSSR count). The average Bonchev–Trinajstić information content (AvgIpc) is 2.84. The molecule has 4 aromatic rings. The minimum Gasteiger partial charge on any atom is -0.496 e. The van der Waals surface area contributed by atoms with E-state index in [2.05, 4.69) is 33.5 Å². The number of fused-ring (bicyclic) bond motifs is 1. The molecule has 7 heteroatoms. The van der Waals surface area contributed by atoms with Crippen LogP contribution in [0.5, 0.6) is 11.5 Å². The van der Waals surface area contributed by atoms with Crippen LogP contribution in [0.4, 0.5) is 5.82 Å². The molecule has 3 aromatic carbocycles. The molecule has 0 saturated carbocycles. The van der Waals surface area contributed by atoms with E-state index in [1.807, 2.05) is 31.2 Å². The molecule has 0 amide bonds. The number of methoxy groups -OCH3 is 1. The summed E-state index contributed by atoms with van der Waals surface area (Å²) in [4.78, 5) is 20.1. The van der Waals surface area contributed by atoms with E-state index in [0.29, 0.717) is 30.4 Å². The number of carboxylic acid groups (broad SMARTS) is 1. The van der Waals surface area contributed by atoms with E-state index < -0.39 is 5.97 Å². The van der Waals surface area contributed by atoms with Crippen molar-refractivity contribution in [2.75, 3.05) is 25.6 Å². The summed E-state index contributed by atoms with van der Waals surface area (Å²) in [5.74, 6) is 0.831. The zero-order valence-electron chi connectivity index (χ0n) is 18.5. The predicted octanol–water partition coefficient (Wildman–Crippen LogP) is 5.06. The van der Waals surface area contributed by atoms with Gasteiger partial charge in [-0.3, -0.25) is 0 Å². The highest BCUT2D eigenvalue weighted by molar-refractivity contribution is 5.92. The molecule has 7 nitrogen and oxygen atoms in total. The first kappa shape index (κ1) is 22.1. The van der Waals surface area contributed by atoms with Crippen molar-refractivity contribution in [3.63, 3.8) is 0 Å². The summed E-state index contributed by atoms with van der Waals surface area (Å²) in [5, 5.41) is 15.1. The summed E-state index contributed by atoms with van der Waals surface area (Å²) < 4.78 is 11.1. The first-order chi connectivity index (χ1) is 16.1. The van der Waals surface area contributed by atoms with Crippen LogP contribution in [0.1, 0.15) is 22.8 Å². The van der Waals surface area contributed by atoms with Gasteiger partial charge < -0.3 is 19.9 Å². The third-order valence-electron chi connectivity index (χ3n) is 5.37. The lowest BCUT2D eigenvalue weighted by molar-refractivity contribution is 0.0692. The number of hydrogen-bond acceptors (Lipinski definition) is 6. The maximum Gasteiger partial charge on any atom is 0.339 e. The Morgan fingerprint density at radius 3 is 2.67 bits per heavy atom. The quantitative estimate of drug-likeness (QED) is 0.374. The number of nitrogens with one attached hydrogen (secondary N) is 1. The van der Waals surface area contributed by atoms with Gasteiger partial charge in [0.25, 0.3) is 0 Å². The van der Waals surface area contributed by atoms with E-state index in [4.69, 9.17) is 9.47 Å². The van der Waals surface area contributed by atoms with Gasteiger partial charge in [-0.1, -0.05) is 36.4 Å². The lowest BCUT2D eigenvalue weighted by Gasteiger charge is -2.13. The van der Waals surface area contributed by atoms with Crippen LogP contribution >= 0.6 is 0 Å². The van der Waals surface area contributed by atoms with Crippen LogP contribution in [0.15, 0.2) is 67.0 Å². The minimum atomic E-state index is -1.03. The lowest BCUT2D eigenvalue weighted by Crippen LogP contribution is -2.08. The highest BCUT2D eigenvalue weighted by atomic mass is 16.5. The largest absolute Gasteiger partial charge is 0.496 e. The third-order valence-corrected chi connectivity index (χ3v) is 5.37. The molecule has 1 heterocycles. The highest BCUT2D eigenvalue weighted by Gasteiger charge is 2.14. The second-order valence-corrected chi connectivity index (χ2v) is 7.38. The van der Waals surface area contributed by atoms with Crippen molar-refractivity contribution in [2.45, 2.75) is 13.3 Å². The Bertz CT molecular complexity index is 1290. The molecule has 0 bridgehead atoms. The zero-order chi connectivity index (χ0) is 23.2. The molecule has 0 spiro atoms. The van der Waals surface area contributed by atoms with Crippen LogP contribution < -0.4 is 14.8 Å². The van der Waals surface area contributed by atoms with Gasteiger partial charge in [-0.2, -0.15) is 0 Å². The van der Waals surface area contributed by atoms with Crippen LogP contribution in [0.25, 0.3) is 22.0 Å². The smallest absolute Gasteiger partial charge is 0.339 e. The number of benzene rings is 3. The topological polar surface area (TPSA) is 93.6 Å². The van der Waals surface area contributed by atoms with Crippen LogP contribution in [-0.4, -0.2) is 41.3 Å². The molecule has 168 valence electrons. The van der Waals surface area contributed by atoms with Crippen molar-refractivity contribution in [1.29, 1.82) is 0 Å². The van der Waals surface area contributed by atoms with Crippen LogP contribution in [0.3, 0.4) is 0 Å². The number of carbonyl (C=O) groups is 1. The number of aromatic carboxylic acids is 1. The standard InChI is InChI=1S/C26H25N3O4/c1-3-33-24-14-18(8-10-21(24)26(30)31)22-15-25(29-16-28-22)27-13-12-20-19-7-5-4-6-17(19)9-11-23(20)32-2/h4-11,14-16H,3,12-13H2,1-2H3,(H,30,31)(H,27,28,29). The molecule has 0 atom stereocenters. The minimum absolute atomic E-state index is 0.122. The van der Waals surface area contributed by atoms with Crippen molar-refractivity contribution in [3.8, 4) is 22.8 Å². The second kappa shape index (κ2) is 9.99. The number of aromatic nitrogens is 2. The van der Waals surface area contributed by atoms with E-state index in [9.17, 15) is 9.90 Å². The third kappa shape index (κ3) is 4.87. The average molecular weight is 444 g/mol. The molecule has 2 N–H and O–H groups in total. The Morgan fingerprint density at radius 1 is 1.03 bits per heavy atom. The summed E-state index contributed by atoms with van der Waals surface area (Å²) in [5.41, 5.74) is 2.69. The summed E-state index contributed by atoms with van der Waals surface area (Å²) in [6, 6.07) is 19.1. The van der Waals surface area contributed by atoms with Gasteiger partial charge in [0, 0.05) is 23.7 Å². The molecular formula is C26H25N3O4. The number of ether oxygens (including phenoxy) is 2. The number of carboxylic acids is 1. The summed E-state index contributed by atoms with van der Waals surface area (Å²) in [6.07, 6.45) is 2.24. The SMILES string of the molecule is CCOc1cc(-c2cc(NCCc3c(OC)ccc4ccccc34)ncn2)ccc1C(=O)O. The van der Waals surface area contributed by atoms with Crippen LogP contribution in [0.2, 0.25) is 0 Å². The molecule has 1 aromatic heterocycles. The summed E-state index contributed by atoms with van der Waals surface area (Å²) in [6.45, 7) is 2.84. The first-order valence-corrected chi connectivity index (χ1v) is 10.7. The van der Waals surface area contributed by atoms with Gasteiger partial charge in [0.1, 0.15) is 29.2 Å². The van der Waals surface area contributed by atoms with Gasteiger partial charge in [-0.15, -0.1) is 0 Å². The van der Waals surface area contributed by atoms with E-state index in [1.54, 1.807) is 19.2 Å². The molecule has 0 saturated heterocycles. The molecule has 33 heavy (non-hydrogen) atoms. The van der Waals surface area contributed by atoms with Crippen molar-refractivity contribution in [1.82, 2.24) is 9.97 Å². The van der Waals surface area contributed by atoms with E-state index in [1.165, 1.54) is 23.2 Å². The molecule has 0 radical (unpaired) electrons. The van der Waals surface area contributed by atoms with Crippen molar-refractivity contribution < 1.29 is 19.4 Å². The molecule has 0 aliphatic carbocycles. The first-order valence-electron chi connectivity index (χ1n) is 10.7. The fourth-order valence-electron chi connectivity index (χ4n) is 3.83. The fourth-order valence-corrected chi connectivity index (χ4v) is 3.83.